The Labute approximate surface area is 87.0 Å². The van der Waals surface area contributed by atoms with Crippen molar-refractivity contribution in [2.75, 3.05) is 0 Å². The Balaban J connectivity index is 2.73. The number of aromatic nitrogens is 4. The molecular weight excluding hydrogens is 200 g/mol. The molecule has 0 aliphatic rings. The first-order valence-corrected chi connectivity index (χ1v) is 4.63. The monoisotopic (exact) mass is 214 g/mol. The molecule has 1 unspecified atom stereocenters. The highest BCUT2D eigenvalue weighted by atomic mass is 16.5. The summed E-state index contributed by atoms with van der Waals surface area (Å²) in [6.07, 6.45) is 0.0512. The molecule has 0 aliphatic heterocycles. The van der Waals surface area contributed by atoms with Crippen molar-refractivity contribution >= 4 is 5.97 Å². The van der Waals surface area contributed by atoms with Crippen LogP contribution in [0.15, 0.2) is 0 Å². The normalized spacial score (nSPS) is 13.1. The summed E-state index contributed by atoms with van der Waals surface area (Å²) in [7, 11) is 0. The summed E-state index contributed by atoms with van der Waals surface area (Å²) >= 11 is 0. The van der Waals surface area contributed by atoms with Gasteiger partial charge in [-0.1, -0.05) is 0 Å². The van der Waals surface area contributed by atoms with E-state index in [1.165, 1.54) is 11.6 Å². The summed E-state index contributed by atoms with van der Waals surface area (Å²) in [5, 5.41) is 19.5. The molecule has 1 rings (SSSR count). The van der Waals surface area contributed by atoms with Gasteiger partial charge in [0.2, 0.25) is 0 Å². The number of hydrogen-bond acceptors (Lipinski definition) is 5. The lowest BCUT2D eigenvalue weighted by Gasteiger charge is -2.10. The Morgan fingerprint density at radius 3 is 2.73 bits per heavy atom. The fraction of sp³-hybridized carbons (Fsp3) is 0.750. The fourth-order valence-electron chi connectivity index (χ4n) is 0.954. The van der Waals surface area contributed by atoms with Gasteiger partial charge in [0.25, 0.3) is 0 Å². The van der Waals surface area contributed by atoms with Crippen LogP contribution in [0.25, 0.3) is 0 Å². The SMILES string of the molecule is CC(C)OCc1nnnn1C(C)C(=O)O. The number of carbonyl (C=O) groups is 1. The number of carboxylic acid groups (broad SMARTS) is 1. The second kappa shape index (κ2) is 4.83. The number of tetrazole rings is 1. The maximum atomic E-state index is 10.7. The van der Waals surface area contributed by atoms with Crippen LogP contribution in [-0.2, 0) is 16.1 Å². The van der Waals surface area contributed by atoms with Crippen LogP contribution in [-0.4, -0.2) is 37.4 Å². The molecule has 1 aromatic rings. The summed E-state index contributed by atoms with van der Waals surface area (Å²) in [6.45, 7) is 5.49. The molecule has 84 valence electrons. The van der Waals surface area contributed by atoms with Crippen LogP contribution in [0, 0.1) is 0 Å². The standard InChI is InChI=1S/C8H14N4O3/c1-5(2)15-4-7-9-10-11-12(7)6(3)8(13)14/h5-6H,4H2,1-3H3,(H,13,14). The van der Waals surface area contributed by atoms with E-state index in [4.69, 9.17) is 9.84 Å². The lowest BCUT2D eigenvalue weighted by molar-refractivity contribution is -0.140. The van der Waals surface area contributed by atoms with Crippen molar-refractivity contribution < 1.29 is 14.6 Å². The van der Waals surface area contributed by atoms with Crippen molar-refractivity contribution in [3.8, 4) is 0 Å². The van der Waals surface area contributed by atoms with E-state index in [0.29, 0.717) is 5.82 Å². The molecule has 0 aliphatic carbocycles. The van der Waals surface area contributed by atoms with Crippen LogP contribution in [0.5, 0.6) is 0 Å². The number of ether oxygens (including phenoxy) is 1. The van der Waals surface area contributed by atoms with Crippen LogP contribution in [0.3, 0.4) is 0 Å². The van der Waals surface area contributed by atoms with Crippen molar-refractivity contribution in [2.45, 2.75) is 39.5 Å². The highest BCUT2D eigenvalue weighted by Crippen LogP contribution is 2.07. The fourth-order valence-corrected chi connectivity index (χ4v) is 0.954. The molecule has 0 radical (unpaired) electrons. The van der Waals surface area contributed by atoms with Gasteiger partial charge >= 0.3 is 5.97 Å². The lowest BCUT2D eigenvalue weighted by atomic mass is 10.3. The van der Waals surface area contributed by atoms with E-state index >= 15 is 0 Å². The largest absolute Gasteiger partial charge is 0.480 e. The smallest absolute Gasteiger partial charge is 0.328 e. The summed E-state index contributed by atoms with van der Waals surface area (Å²) in [6, 6.07) is -0.786. The molecular formula is C8H14N4O3. The summed E-state index contributed by atoms with van der Waals surface area (Å²) in [4.78, 5) is 10.7. The molecule has 0 saturated carbocycles. The molecule has 0 aromatic carbocycles. The van der Waals surface area contributed by atoms with Gasteiger partial charge in [-0.3, -0.25) is 0 Å². The molecule has 7 heteroatoms. The van der Waals surface area contributed by atoms with E-state index in [1.54, 1.807) is 0 Å². The van der Waals surface area contributed by atoms with Gasteiger partial charge in [0.1, 0.15) is 6.61 Å². The number of hydrogen-bond donors (Lipinski definition) is 1. The first-order valence-electron chi connectivity index (χ1n) is 4.63. The Kier molecular flexibility index (Phi) is 3.73. The van der Waals surface area contributed by atoms with Crippen LogP contribution in [0.4, 0.5) is 0 Å². The van der Waals surface area contributed by atoms with E-state index < -0.39 is 12.0 Å². The minimum absolute atomic E-state index is 0.0512. The van der Waals surface area contributed by atoms with E-state index in [9.17, 15) is 4.79 Å². The molecule has 0 saturated heterocycles. The van der Waals surface area contributed by atoms with Gasteiger partial charge in [0.15, 0.2) is 11.9 Å². The molecule has 7 nitrogen and oxygen atoms in total. The molecule has 0 fully saturated rings. The highest BCUT2D eigenvalue weighted by molar-refractivity contribution is 5.71. The molecule has 0 spiro atoms. The van der Waals surface area contributed by atoms with Crippen molar-refractivity contribution in [3.05, 3.63) is 5.82 Å². The van der Waals surface area contributed by atoms with Gasteiger partial charge in [-0.15, -0.1) is 5.10 Å². The van der Waals surface area contributed by atoms with Crippen molar-refractivity contribution in [1.82, 2.24) is 20.2 Å². The van der Waals surface area contributed by atoms with Crippen LogP contribution in [0.2, 0.25) is 0 Å². The molecule has 1 N–H and O–H groups in total. The molecule has 15 heavy (non-hydrogen) atoms. The van der Waals surface area contributed by atoms with Crippen molar-refractivity contribution in [2.24, 2.45) is 0 Å². The van der Waals surface area contributed by atoms with Crippen LogP contribution in [0.1, 0.15) is 32.6 Å². The maximum absolute atomic E-state index is 10.7. The minimum Gasteiger partial charge on any atom is -0.480 e. The number of carboxylic acids is 1. The summed E-state index contributed by atoms with van der Waals surface area (Å²) in [5.41, 5.74) is 0. The zero-order valence-electron chi connectivity index (χ0n) is 8.91. The predicted molar refractivity (Wildman–Crippen MR) is 50.1 cm³/mol. The zero-order chi connectivity index (χ0) is 11.4. The van der Waals surface area contributed by atoms with Crippen molar-refractivity contribution in [1.29, 1.82) is 0 Å². The average molecular weight is 214 g/mol. The average Bonchev–Trinajstić information content (AvgIpc) is 2.60. The first kappa shape index (κ1) is 11.6. The minimum atomic E-state index is -0.979. The van der Waals surface area contributed by atoms with Gasteiger partial charge in [-0.05, 0) is 31.2 Å². The third-order valence-electron chi connectivity index (χ3n) is 1.83. The third-order valence-corrected chi connectivity index (χ3v) is 1.83. The lowest BCUT2D eigenvalue weighted by Crippen LogP contribution is -2.20. The molecule has 1 heterocycles. The number of aliphatic carboxylic acids is 1. The van der Waals surface area contributed by atoms with Crippen LogP contribution < -0.4 is 0 Å². The van der Waals surface area contributed by atoms with Gasteiger partial charge in [-0.2, -0.15) is 0 Å². The van der Waals surface area contributed by atoms with Crippen molar-refractivity contribution in [3.63, 3.8) is 0 Å². The van der Waals surface area contributed by atoms with Gasteiger partial charge in [0, 0.05) is 0 Å². The Morgan fingerprint density at radius 1 is 1.53 bits per heavy atom. The van der Waals surface area contributed by atoms with E-state index in [2.05, 4.69) is 15.5 Å². The second-order valence-electron chi connectivity index (χ2n) is 3.41. The second-order valence-corrected chi connectivity index (χ2v) is 3.41. The molecule has 1 atom stereocenters. The molecule has 0 amide bonds. The van der Waals surface area contributed by atoms with Gasteiger partial charge in [0.05, 0.1) is 6.10 Å². The summed E-state index contributed by atoms with van der Waals surface area (Å²) < 4.78 is 6.54. The van der Waals surface area contributed by atoms with Gasteiger partial charge < -0.3 is 9.84 Å². The first-order chi connectivity index (χ1) is 7.02. The van der Waals surface area contributed by atoms with E-state index in [-0.39, 0.29) is 12.7 Å². The molecule has 0 bridgehead atoms. The predicted octanol–water partition coefficient (Wildman–Crippen LogP) is 0.244. The maximum Gasteiger partial charge on any atom is 0.328 e. The number of rotatable bonds is 5. The Hall–Kier alpha value is -1.50. The van der Waals surface area contributed by atoms with E-state index in [1.807, 2.05) is 13.8 Å². The molecule has 1 aromatic heterocycles. The van der Waals surface area contributed by atoms with E-state index in [0.717, 1.165) is 0 Å². The van der Waals surface area contributed by atoms with Gasteiger partial charge in [-0.25, -0.2) is 9.48 Å². The quantitative estimate of drug-likeness (QED) is 0.755. The Bertz CT molecular complexity index is 336. The summed E-state index contributed by atoms with van der Waals surface area (Å²) in [5.74, 6) is -0.563. The Morgan fingerprint density at radius 2 is 2.20 bits per heavy atom. The topological polar surface area (TPSA) is 90.1 Å². The highest BCUT2D eigenvalue weighted by Gasteiger charge is 2.19. The third kappa shape index (κ3) is 2.98. The van der Waals surface area contributed by atoms with Crippen LogP contribution >= 0.6 is 0 Å². The number of nitrogens with zero attached hydrogens (tertiary/aromatic N) is 4. The zero-order valence-corrected chi connectivity index (χ0v) is 8.91.